The number of hydrogen-bond acceptors (Lipinski definition) is 3. The number of aliphatic imine (C=N–C) groups is 1. The van der Waals surface area contributed by atoms with E-state index in [0.717, 1.165) is 25.5 Å². The summed E-state index contributed by atoms with van der Waals surface area (Å²) < 4.78 is 0. The predicted octanol–water partition coefficient (Wildman–Crippen LogP) is 2.33. The van der Waals surface area contributed by atoms with Crippen molar-refractivity contribution in [1.29, 1.82) is 0 Å². The highest BCUT2D eigenvalue weighted by Gasteiger charge is 2.14. The Morgan fingerprint density at radius 2 is 1.65 bits per heavy atom. The van der Waals surface area contributed by atoms with Gasteiger partial charge < -0.3 is 20.4 Å². The van der Waals surface area contributed by atoms with Crippen LogP contribution in [0.5, 0.6) is 0 Å². The molecule has 1 fully saturated rings. The quantitative estimate of drug-likeness (QED) is 0.403. The van der Waals surface area contributed by atoms with E-state index in [2.05, 4.69) is 63.5 Å². The average Bonchev–Trinajstić information content (AvgIpc) is 2.70. The van der Waals surface area contributed by atoms with Gasteiger partial charge in [0.05, 0.1) is 0 Å². The van der Waals surface area contributed by atoms with Gasteiger partial charge in [0.2, 0.25) is 0 Å². The van der Waals surface area contributed by atoms with Crippen molar-refractivity contribution in [2.24, 2.45) is 4.99 Å². The molecule has 1 aromatic carbocycles. The normalized spacial score (nSPS) is 16.7. The first-order chi connectivity index (χ1) is 12.8. The largest absolute Gasteiger partial charge is 0.356 e. The molecule has 26 heavy (non-hydrogen) atoms. The molecule has 5 heteroatoms. The van der Waals surface area contributed by atoms with E-state index in [1.165, 1.54) is 63.2 Å². The second kappa shape index (κ2) is 11.9. The summed E-state index contributed by atoms with van der Waals surface area (Å²) in [5.41, 5.74) is 2.75. The van der Waals surface area contributed by atoms with Crippen molar-refractivity contribution in [3.05, 3.63) is 35.4 Å². The molecule has 0 unspecified atom stereocenters. The average molecular weight is 360 g/mol. The Kier molecular flexibility index (Phi) is 9.50. The Bertz CT molecular complexity index is 535. The molecule has 146 valence electrons. The van der Waals surface area contributed by atoms with Gasteiger partial charge in [-0.15, -0.1) is 0 Å². The van der Waals surface area contributed by atoms with Crippen molar-refractivity contribution in [2.45, 2.75) is 39.7 Å². The molecule has 1 saturated heterocycles. The number of guanidine groups is 1. The lowest BCUT2D eigenvalue weighted by molar-refractivity contribution is 0.136. The van der Waals surface area contributed by atoms with E-state index < -0.39 is 0 Å². The molecule has 5 nitrogen and oxygen atoms in total. The minimum atomic E-state index is 0.825. The molecule has 0 aromatic heterocycles. The summed E-state index contributed by atoms with van der Waals surface area (Å²) >= 11 is 0. The molecule has 0 bridgehead atoms. The minimum absolute atomic E-state index is 0.825. The highest BCUT2D eigenvalue weighted by Crippen LogP contribution is 2.08. The van der Waals surface area contributed by atoms with Crippen molar-refractivity contribution in [1.82, 2.24) is 20.4 Å². The molecular formula is C21H37N5. The second-order valence-corrected chi connectivity index (χ2v) is 6.96. The Hall–Kier alpha value is -1.59. The molecule has 1 aliphatic heterocycles. The maximum atomic E-state index is 4.34. The number of unbranched alkanes of at least 4 members (excludes halogenated alkanes) is 1. The number of nitrogens with one attached hydrogen (secondary N) is 2. The third-order valence-electron chi connectivity index (χ3n) is 5.27. The number of nitrogens with zero attached hydrogens (tertiary/aromatic N) is 3. The number of rotatable bonds is 9. The zero-order valence-electron chi connectivity index (χ0n) is 16.9. The molecule has 1 aromatic rings. The monoisotopic (exact) mass is 359 g/mol. The molecular weight excluding hydrogens is 322 g/mol. The van der Waals surface area contributed by atoms with E-state index in [9.17, 15) is 0 Å². The fourth-order valence-electron chi connectivity index (χ4n) is 3.47. The van der Waals surface area contributed by atoms with Crippen molar-refractivity contribution < 1.29 is 0 Å². The highest BCUT2D eigenvalue weighted by molar-refractivity contribution is 5.79. The van der Waals surface area contributed by atoms with Crippen LogP contribution >= 0.6 is 0 Å². The van der Waals surface area contributed by atoms with Gasteiger partial charge in [-0.2, -0.15) is 0 Å². The predicted molar refractivity (Wildman–Crippen MR) is 112 cm³/mol. The molecule has 2 rings (SSSR count). The van der Waals surface area contributed by atoms with Crippen molar-refractivity contribution in [3.63, 3.8) is 0 Å². The third-order valence-corrected chi connectivity index (χ3v) is 5.27. The van der Waals surface area contributed by atoms with Crippen LogP contribution < -0.4 is 10.6 Å². The first-order valence-electron chi connectivity index (χ1n) is 10.2. The maximum Gasteiger partial charge on any atom is 0.191 e. The third kappa shape index (κ3) is 6.96. The molecule has 1 aliphatic rings. The van der Waals surface area contributed by atoms with Crippen LogP contribution in [0.15, 0.2) is 29.3 Å². The summed E-state index contributed by atoms with van der Waals surface area (Å²) in [6.07, 6.45) is 3.49. The molecule has 0 amide bonds. The Labute approximate surface area is 159 Å². The highest BCUT2D eigenvalue weighted by atomic mass is 15.3. The number of benzene rings is 1. The zero-order chi connectivity index (χ0) is 18.6. The number of hydrogen-bond donors (Lipinski definition) is 2. The first-order valence-corrected chi connectivity index (χ1v) is 10.2. The summed E-state index contributed by atoms with van der Waals surface area (Å²) in [5.74, 6) is 0.896. The molecule has 1 heterocycles. The fraction of sp³-hybridized carbons (Fsp3) is 0.667. The van der Waals surface area contributed by atoms with Gasteiger partial charge >= 0.3 is 0 Å². The lowest BCUT2D eigenvalue weighted by Gasteiger charge is -2.34. The van der Waals surface area contributed by atoms with Crippen molar-refractivity contribution in [2.75, 3.05) is 52.9 Å². The van der Waals surface area contributed by atoms with Crippen LogP contribution in [0.1, 0.15) is 37.8 Å². The van der Waals surface area contributed by atoms with Crippen molar-refractivity contribution >= 4 is 5.96 Å². The van der Waals surface area contributed by atoms with Crippen LogP contribution in [0.25, 0.3) is 0 Å². The van der Waals surface area contributed by atoms with Crippen LogP contribution in [0.2, 0.25) is 0 Å². The summed E-state index contributed by atoms with van der Waals surface area (Å²) in [6, 6.07) is 8.61. The van der Waals surface area contributed by atoms with Crippen LogP contribution in [-0.4, -0.2) is 68.6 Å². The number of likely N-dealkylation sites (N-methyl/N-ethyl adjacent to an activating group) is 1. The summed E-state index contributed by atoms with van der Waals surface area (Å²) in [4.78, 5) is 9.47. The van der Waals surface area contributed by atoms with Gasteiger partial charge in [-0.05, 0) is 43.5 Å². The summed E-state index contributed by atoms with van der Waals surface area (Å²) in [6.45, 7) is 13.6. The SMILES string of the molecule is CCc1ccccc1CNC(=NC)NCCCCN1CCN(CC)CC1. The Balaban J connectivity index is 1.59. The van der Waals surface area contributed by atoms with Crippen LogP contribution in [-0.2, 0) is 13.0 Å². The van der Waals surface area contributed by atoms with Gasteiger partial charge in [-0.3, -0.25) is 4.99 Å². The lowest BCUT2D eigenvalue weighted by Crippen LogP contribution is -2.46. The molecule has 0 atom stereocenters. The molecule has 0 spiro atoms. The Morgan fingerprint density at radius 3 is 2.31 bits per heavy atom. The van der Waals surface area contributed by atoms with Gasteiger partial charge in [0.15, 0.2) is 5.96 Å². The van der Waals surface area contributed by atoms with Gasteiger partial charge in [-0.1, -0.05) is 38.1 Å². The molecule has 0 radical (unpaired) electrons. The van der Waals surface area contributed by atoms with Crippen LogP contribution in [0.4, 0.5) is 0 Å². The van der Waals surface area contributed by atoms with E-state index in [0.29, 0.717) is 0 Å². The van der Waals surface area contributed by atoms with Crippen molar-refractivity contribution in [3.8, 4) is 0 Å². The molecule has 2 N–H and O–H groups in total. The van der Waals surface area contributed by atoms with Gasteiger partial charge in [0.1, 0.15) is 0 Å². The molecule has 0 saturated carbocycles. The number of piperazine rings is 1. The smallest absolute Gasteiger partial charge is 0.191 e. The zero-order valence-corrected chi connectivity index (χ0v) is 16.9. The fourth-order valence-corrected chi connectivity index (χ4v) is 3.47. The van der Waals surface area contributed by atoms with E-state index in [1.807, 2.05) is 7.05 Å². The maximum absolute atomic E-state index is 4.34. The van der Waals surface area contributed by atoms with E-state index in [-0.39, 0.29) is 0 Å². The van der Waals surface area contributed by atoms with Crippen LogP contribution in [0.3, 0.4) is 0 Å². The number of aryl methyl sites for hydroxylation is 1. The topological polar surface area (TPSA) is 42.9 Å². The van der Waals surface area contributed by atoms with Gasteiger partial charge in [0.25, 0.3) is 0 Å². The van der Waals surface area contributed by atoms with Crippen LogP contribution in [0, 0.1) is 0 Å². The Morgan fingerprint density at radius 1 is 0.962 bits per heavy atom. The summed E-state index contributed by atoms with van der Waals surface area (Å²) in [5, 5.41) is 6.88. The second-order valence-electron chi connectivity index (χ2n) is 6.96. The minimum Gasteiger partial charge on any atom is -0.356 e. The standard InChI is InChI=1S/C21H37N5/c1-4-19-10-6-7-11-20(19)18-24-21(22-3)23-12-8-9-13-26-16-14-25(5-2)15-17-26/h6-7,10-11H,4-5,8-9,12-18H2,1-3H3,(H2,22,23,24). The lowest BCUT2D eigenvalue weighted by atomic mass is 10.1. The summed E-state index contributed by atoms with van der Waals surface area (Å²) in [7, 11) is 1.84. The van der Waals surface area contributed by atoms with E-state index >= 15 is 0 Å². The van der Waals surface area contributed by atoms with Gasteiger partial charge in [0, 0.05) is 46.3 Å². The molecule has 0 aliphatic carbocycles. The van der Waals surface area contributed by atoms with E-state index in [4.69, 9.17) is 0 Å². The first kappa shape index (κ1) is 20.7. The van der Waals surface area contributed by atoms with E-state index in [1.54, 1.807) is 0 Å². The van der Waals surface area contributed by atoms with Gasteiger partial charge in [-0.25, -0.2) is 0 Å².